The fourth-order valence-corrected chi connectivity index (χ4v) is 5.21. The predicted octanol–water partition coefficient (Wildman–Crippen LogP) is 3.69. The Morgan fingerprint density at radius 1 is 0.842 bits per heavy atom. The van der Waals surface area contributed by atoms with Gasteiger partial charge in [-0.25, -0.2) is 0 Å². The molecular weight excluding hydrogens is 232 g/mol. The molecule has 0 aromatic rings. The third-order valence-electron chi connectivity index (χ3n) is 6.27. The maximum Gasteiger partial charge on any atom is 0.0334 e. The van der Waals surface area contributed by atoms with Crippen molar-refractivity contribution in [1.82, 2.24) is 4.90 Å². The highest BCUT2D eigenvalue weighted by Crippen LogP contribution is 2.42. The van der Waals surface area contributed by atoms with E-state index in [-0.39, 0.29) is 0 Å². The van der Waals surface area contributed by atoms with Crippen LogP contribution in [0.2, 0.25) is 0 Å². The molecule has 0 bridgehead atoms. The average molecular weight is 264 g/mol. The number of nitrogens with two attached hydrogens (primary N) is 1. The van der Waals surface area contributed by atoms with E-state index in [1.54, 1.807) is 0 Å². The summed E-state index contributed by atoms with van der Waals surface area (Å²) in [5.41, 5.74) is 6.69. The van der Waals surface area contributed by atoms with Crippen molar-refractivity contribution in [3.8, 4) is 0 Å². The third-order valence-corrected chi connectivity index (χ3v) is 6.27. The van der Waals surface area contributed by atoms with Crippen LogP contribution in [-0.2, 0) is 0 Å². The third kappa shape index (κ3) is 2.71. The van der Waals surface area contributed by atoms with E-state index in [9.17, 15) is 0 Å². The predicted molar refractivity (Wildman–Crippen MR) is 81.2 cm³/mol. The average Bonchev–Trinajstić information content (AvgIpc) is 2.73. The lowest BCUT2D eigenvalue weighted by atomic mass is 9.74. The lowest BCUT2D eigenvalue weighted by molar-refractivity contribution is -0.0331. The van der Waals surface area contributed by atoms with E-state index in [0.29, 0.717) is 5.54 Å². The molecule has 2 saturated carbocycles. The van der Waals surface area contributed by atoms with Crippen LogP contribution in [0.5, 0.6) is 0 Å². The molecule has 2 N–H and O–H groups in total. The van der Waals surface area contributed by atoms with E-state index in [4.69, 9.17) is 5.73 Å². The van der Waals surface area contributed by atoms with Crippen LogP contribution in [0.25, 0.3) is 0 Å². The van der Waals surface area contributed by atoms with Gasteiger partial charge in [0.2, 0.25) is 0 Å². The largest absolute Gasteiger partial charge is 0.329 e. The van der Waals surface area contributed by atoms with Gasteiger partial charge in [-0.2, -0.15) is 0 Å². The number of hydrogen-bond acceptors (Lipinski definition) is 2. The van der Waals surface area contributed by atoms with Gasteiger partial charge >= 0.3 is 0 Å². The molecular formula is C17H32N2. The van der Waals surface area contributed by atoms with Crippen molar-refractivity contribution in [3.05, 3.63) is 0 Å². The lowest BCUT2D eigenvalue weighted by Gasteiger charge is -2.54. The van der Waals surface area contributed by atoms with E-state index in [0.717, 1.165) is 18.5 Å². The maximum atomic E-state index is 6.32. The second-order valence-corrected chi connectivity index (χ2v) is 7.29. The van der Waals surface area contributed by atoms with Crippen LogP contribution >= 0.6 is 0 Å². The molecule has 3 rings (SSSR count). The van der Waals surface area contributed by atoms with E-state index in [2.05, 4.69) is 4.90 Å². The van der Waals surface area contributed by atoms with E-state index < -0.39 is 0 Å². The molecule has 2 aliphatic carbocycles. The first kappa shape index (κ1) is 13.9. The van der Waals surface area contributed by atoms with Gasteiger partial charge in [-0.05, 0) is 51.0 Å². The number of nitrogens with zero attached hydrogens (tertiary/aromatic N) is 1. The monoisotopic (exact) mass is 264 g/mol. The topological polar surface area (TPSA) is 29.3 Å². The van der Waals surface area contributed by atoms with Gasteiger partial charge in [0.15, 0.2) is 0 Å². The molecule has 0 radical (unpaired) electrons. The summed E-state index contributed by atoms with van der Waals surface area (Å²) < 4.78 is 0. The molecule has 0 aromatic heterocycles. The Balaban J connectivity index is 1.79. The minimum absolute atomic E-state index is 0.372. The summed E-state index contributed by atoms with van der Waals surface area (Å²) in [4.78, 5) is 2.92. The quantitative estimate of drug-likeness (QED) is 0.771. The summed E-state index contributed by atoms with van der Waals surface area (Å²) in [5, 5.41) is 0. The molecule has 2 heteroatoms. The number of rotatable bonds is 2. The first-order valence-electron chi connectivity index (χ1n) is 8.83. The first-order valence-corrected chi connectivity index (χ1v) is 8.83. The molecule has 0 spiro atoms. The zero-order valence-electron chi connectivity index (χ0n) is 12.6. The molecule has 2 nitrogen and oxygen atoms in total. The number of hydrogen-bond donors (Lipinski definition) is 1. The Labute approximate surface area is 119 Å². The van der Waals surface area contributed by atoms with E-state index in [1.165, 1.54) is 83.6 Å². The van der Waals surface area contributed by atoms with Crippen molar-refractivity contribution in [2.24, 2.45) is 11.7 Å². The van der Waals surface area contributed by atoms with Crippen molar-refractivity contribution < 1.29 is 0 Å². The summed E-state index contributed by atoms with van der Waals surface area (Å²) >= 11 is 0. The minimum atomic E-state index is 0.372. The van der Waals surface area contributed by atoms with Gasteiger partial charge in [0.1, 0.15) is 0 Å². The molecule has 1 heterocycles. The molecule has 2 atom stereocenters. The Hall–Kier alpha value is -0.0800. The van der Waals surface area contributed by atoms with Crippen molar-refractivity contribution in [1.29, 1.82) is 0 Å². The molecule has 110 valence electrons. The minimum Gasteiger partial charge on any atom is -0.329 e. The summed E-state index contributed by atoms with van der Waals surface area (Å²) in [6.45, 7) is 2.23. The summed E-state index contributed by atoms with van der Waals surface area (Å²) in [7, 11) is 0. The molecule has 3 aliphatic rings. The zero-order chi connectivity index (χ0) is 13.1. The van der Waals surface area contributed by atoms with Crippen LogP contribution < -0.4 is 5.73 Å². The van der Waals surface area contributed by atoms with Crippen molar-refractivity contribution in [3.63, 3.8) is 0 Å². The van der Waals surface area contributed by atoms with Crippen LogP contribution in [0, 0.1) is 5.92 Å². The summed E-state index contributed by atoms with van der Waals surface area (Å²) in [6.07, 6.45) is 17.2. The Kier molecular flexibility index (Phi) is 4.48. The highest BCUT2D eigenvalue weighted by molar-refractivity contribution is 5.00. The second kappa shape index (κ2) is 6.13. The molecule has 0 aromatic carbocycles. The Morgan fingerprint density at radius 3 is 2.26 bits per heavy atom. The molecule has 0 unspecified atom stereocenters. The van der Waals surface area contributed by atoms with Crippen LogP contribution in [0.15, 0.2) is 0 Å². The molecule has 1 aliphatic heterocycles. The molecule has 0 amide bonds. The fourth-order valence-electron chi connectivity index (χ4n) is 5.21. The Bertz CT molecular complexity index is 279. The van der Waals surface area contributed by atoms with Gasteiger partial charge in [0.25, 0.3) is 0 Å². The van der Waals surface area contributed by atoms with Gasteiger partial charge in [0, 0.05) is 18.1 Å². The zero-order valence-corrected chi connectivity index (χ0v) is 12.6. The highest BCUT2D eigenvalue weighted by Gasteiger charge is 2.44. The van der Waals surface area contributed by atoms with Crippen LogP contribution in [0.1, 0.15) is 77.0 Å². The standard InChI is InChI=1S/C17H32N2/c18-14-17(11-5-1-2-6-12-17)19-13-7-9-15-8-3-4-10-16(15)19/h15-16H,1-14,18H2/t15-,16-/m1/s1. The molecule has 1 saturated heterocycles. The molecule has 19 heavy (non-hydrogen) atoms. The van der Waals surface area contributed by atoms with Gasteiger partial charge in [-0.3, -0.25) is 4.90 Å². The SMILES string of the molecule is NCC1(N2CCC[C@H]3CCCC[C@H]32)CCCCCC1. The molecule has 3 fully saturated rings. The van der Waals surface area contributed by atoms with Crippen molar-refractivity contribution in [2.75, 3.05) is 13.1 Å². The highest BCUT2D eigenvalue weighted by atomic mass is 15.2. The number of piperidine rings is 1. The van der Waals surface area contributed by atoms with Crippen molar-refractivity contribution in [2.45, 2.75) is 88.6 Å². The summed E-state index contributed by atoms with van der Waals surface area (Å²) in [6, 6.07) is 0.879. The fraction of sp³-hybridized carbons (Fsp3) is 1.00. The number of likely N-dealkylation sites (tertiary alicyclic amines) is 1. The second-order valence-electron chi connectivity index (χ2n) is 7.29. The van der Waals surface area contributed by atoms with Crippen molar-refractivity contribution >= 4 is 0 Å². The van der Waals surface area contributed by atoms with E-state index >= 15 is 0 Å². The van der Waals surface area contributed by atoms with Gasteiger partial charge in [-0.15, -0.1) is 0 Å². The normalized spacial score (nSPS) is 36.5. The van der Waals surface area contributed by atoms with Crippen LogP contribution in [0.3, 0.4) is 0 Å². The van der Waals surface area contributed by atoms with Gasteiger partial charge in [-0.1, -0.05) is 38.5 Å². The van der Waals surface area contributed by atoms with E-state index in [1.807, 2.05) is 0 Å². The number of fused-ring (bicyclic) bond motifs is 1. The maximum absolute atomic E-state index is 6.32. The van der Waals surface area contributed by atoms with Crippen LogP contribution in [-0.4, -0.2) is 29.6 Å². The van der Waals surface area contributed by atoms with Gasteiger partial charge < -0.3 is 5.73 Å². The van der Waals surface area contributed by atoms with Gasteiger partial charge in [0.05, 0.1) is 0 Å². The van der Waals surface area contributed by atoms with Crippen LogP contribution in [0.4, 0.5) is 0 Å². The Morgan fingerprint density at radius 2 is 1.53 bits per heavy atom. The summed E-state index contributed by atoms with van der Waals surface area (Å²) in [5.74, 6) is 0.995. The lowest BCUT2D eigenvalue weighted by Crippen LogP contribution is -2.61. The smallest absolute Gasteiger partial charge is 0.0334 e. The first-order chi connectivity index (χ1) is 9.36.